The summed E-state index contributed by atoms with van der Waals surface area (Å²) in [4.78, 5) is 12.6. The Morgan fingerprint density at radius 1 is 1.25 bits per heavy atom. The molecule has 0 spiro atoms. The maximum atomic E-state index is 12.6. The van der Waals surface area contributed by atoms with Gasteiger partial charge >= 0.3 is 0 Å². The molecule has 1 heterocycles. The van der Waals surface area contributed by atoms with Crippen LogP contribution in [0.4, 0.5) is 0 Å². The minimum atomic E-state index is -0.435. The highest BCUT2D eigenvalue weighted by atomic mass is 16.2. The Kier molecular flexibility index (Phi) is 4.45. The van der Waals surface area contributed by atoms with E-state index in [1.807, 2.05) is 18.5 Å². The molecule has 1 aliphatic rings. The maximum absolute atomic E-state index is 12.6. The summed E-state index contributed by atoms with van der Waals surface area (Å²) in [5.41, 5.74) is 10.6. The molecule has 0 radical (unpaired) electrons. The molecule has 0 saturated heterocycles. The third kappa shape index (κ3) is 3.51. The van der Waals surface area contributed by atoms with E-state index in [2.05, 4.69) is 41.6 Å². The monoisotopic (exact) mass is 326 g/mol. The molecule has 0 atom stereocenters. The predicted octanol–water partition coefficient (Wildman–Crippen LogP) is 2.53. The van der Waals surface area contributed by atoms with Crippen molar-refractivity contribution < 1.29 is 4.79 Å². The molecule has 1 aromatic carbocycles. The molecule has 128 valence electrons. The summed E-state index contributed by atoms with van der Waals surface area (Å²) in [5.74, 6) is -0.127. The van der Waals surface area contributed by atoms with E-state index in [1.54, 1.807) is 0 Å². The fourth-order valence-electron chi connectivity index (χ4n) is 3.07. The van der Waals surface area contributed by atoms with Crippen LogP contribution in [0.2, 0.25) is 0 Å². The number of aryl methyl sites for hydroxylation is 1. The molecule has 5 nitrogen and oxygen atoms in total. The van der Waals surface area contributed by atoms with Gasteiger partial charge in [0.1, 0.15) is 0 Å². The average Bonchev–Trinajstić information content (AvgIpc) is 2.92. The Balaban J connectivity index is 1.95. The van der Waals surface area contributed by atoms with E-state index in [0.29, 0.717) is 12.2 Å². The van der Waals surface area contributed by atoms with Crippen LogP contribution in [0.5, 0.6) is 0 Å². The number of hydrogen-bond donors (Lipinski definition) is 2. The number of hydrogen-bond acceptors (Lipinski definition) is 3. The second-order valence-corrected chi connectivity index (χ2v) is 7.40. The van der Waals surface area contributed by atoms with Gasteiger partial charge in [0.15, 0.2) is 5.69 Å². The molecule has 0 bridgehead atoms. The Bertz CT molecular complexity index is 738. The van der Waals surface area contributed by atoms with Crippen LogP contribution in [0.15, 0.2) is 24.3 Å². The number of nitrogens with zero attached hydrogens (tertiary/aromatic N) is 2. The number of aromatic nitrogens is 2. The highest BCUT2D eigenvalue weighted by molar-refractivity contribution is 5.94. The van der Waals surface area contributed by atoms with E-state index in [4.69, 9.17) is 5.73 Å². The third-order valence-electron chi connectivity index (χ3n) is 4.38. The lowest BCUT2D eigenvalue weighted by atomic mass is 9.95. The summed E-state index contributed by atoms with van der Waals surface area (Å²) in [6.45, 7) is 6.29. The zero-order valence-electron chi connectivity index (χ0n) is 14.7. The van der Waals surface area contributed by atoms with E-state index in [1.165, 1.54) is 11.3 Å². The SMILES string of the molecule is Cc1ccc(-n2nc(C(=O)NCC(C)(C)N)c3c2CCCC3)cc1. The summed E-state index contributed by atoms with van der Waals surface area (Å²) < 4.78 is 1.94. The number of carbonyl (C=O) groups is 1. The first-order valence-electron chi connectivity index (χ1n) is 8.60. The van der Waals surface area contributed by atoms with Gasteiger partial charge in [-0.1, -0.05) is 17.7 Å². The highest BCUT2D eigenvalue weighted by Crippen LogP contribution is 2.27. The summed E-state index contributed by atoms with van der Waals surface area (Å²) in [7, 11) is 0. The minimum absolute atomic E-state index is 0.127. The Morgan fingerprint density at radius 3 is 2.58 bits per heavy atom. The van der Waals surface area contributed by atoms with E-state index in [0.717, 1.165) is 36.9 Å². The van der Waals surface area contributed by atoms with Crippen molar-refractivity contribution in [3.05, 3.63) is 46.8 Å². The topological polar surface area (TPSA) is 72.9 Å². The van der Waals surface area contributed by atoms with Crippen LogP contribution in [0.3, 0.4) is 0 Å². The van der Waals surface area contributed by atoms with Crippen molar-refractivity contribution in [3.8, 4) is 5.69 Å². The molecule has 2 aromatic rings. The van der Waals surface area contributed by atoms with Crippen LogP contribution in [-0.4, -0.2) is 27.8 Å². The van der Waals surface area contributed by atoms with Gasteiger partial charge in [-0.05, 0) is 58.6 Å². The van der Waals surface area contributed by atoms with Crippen LogP contribution in [0, 0.1) is 6.92 Å². The lowest BCUT2D eigenvalue weighted by molar-refractivity contribution is 0.0939. The number of nitrogens with one attached hydrogen (secondary N) is 1. The number of nitrogens with two attached hydrogens (primary N) is 1. The number of fused-ring (bicyclic) bond motifs is 1. The highest BCUT2D eigenvalue weighted by Gasteiger charge is 2.26. The second kappa shape index (κ2) is 6.40. The molecule has 0 saturated carbocycles. The zero-order valence-corrected chi connectivity index (χ0v) is 14.7. The number of amides is 1. The van der Waals surface area contributed by atoms with Crippen molar-refractivity contribution in [1.29, 1.82) is 0 Å². The van der Waals surface area contributed by atoms with Gasteiger partial charge < -0.3 is 11.1 Å². The minimum Gasteiger partial charge on any atom is -0.349 e. The van der Waals surface area contributed by atoms with Gasteiger partial charge in [-0.25, -0.2) is 4.68 Å². The molecular formula is C19H26N4O. The van der Waals surface area contributed by atoms with Gasteiger partial charge in [-0.15, -0.1) is 0 Å². The number of carbonyl (C=O) groups excluding carboxylic acids is 1. The first-order valence-corrected chi connectivity index (χ1v) is 8.60. The molecule has 0 fully saturated rings. The van der Waals surface area contributed by atoms with Crippen LogP contribution in [0.25, 0.3) is 5.69 Å². The van der Waals surface area contributed by atoms with Gasteiger partial charge in [-0.3, -0.25) is 4.79 Å². The van der Waals surface area contributed by atoms with Crippen molar-refractivity contribution in [2.75, 3.05) is 6.54 Å². The predicted molar refractivity (Wildman–Crippen MR) is 95.5 cm³/mol. The summed E-state index contributed by atoms with van der Waals surface area (Å²) >= 11 is 0. The van der Waals surface area contributed by atoms with E-state index in [-0.39, 0.29) is 5.91 Å². The molecular weight excluding hydrogens is 300 g/mol. The van der Waals surface area contributed by atoms with Crippen LogP contribution < -0.4 is 11.1 Å². The summed E-state index contributed by atoms with van der Waals surface area (Å²) in [5, 5.41) is 7.58. The van der Waals surface area contributed by atoms with Crippen molar-refractivity contribution >= 4 is 5.91 Å². The first-order chi connectivity index (χ1) is 11.3. The summed E-state index contributed by atoms with van der Waals surface area (Å²) in [6, 6.07) is 8.26. The average molecular weight is 326 g/mol. The molecule has 5 heteroatoms. The maximum Gasteiger partial charge on any atom is 0.272 e. The lowest BCUT2D eigenvalue weighted by Crippen LogP contribution is -2.45. The lowest BCUT2D eigenvalue weighted by Gasteiger charge is -2.19. The van der Waals surface area contributed by atoms with E-state index in [9.17, 15) is 4.79 Å². The quantitative estimate of drug-likeness (QED) is 0.907. The van der Waals surface area contributed by atoms with Crippen LogP contribution in [-0.2, 0) is 12.8 Å². The van der Waals surface area contributed by atoms with Crippen molar-refractivity contribution in [2.24, 2.45) is 5.73 Å². The molecule has 3 N–H and O–H groups in total. The van der Waals surface area contributed by atoms with E-state index >= 15 is 0 Å². The standard InChI is InChI=1S/C19H26N4O/c1-13-8-10-14(11-9-13)23-16-7-5-4-6-15(16)17(22-23)18(24)21-12-19(2,3)20/h8-11H,4-7,12,20H2,1-3H3,(H,21,24). The fraction of sp³-hybridized carbons (Fsp3) is 0.474. The Morgan fingerprint density at radius 2 is 1.92 bits per heavy atom. The number of benzene rings is 1. The van der Waals surface area contributed by atoms with Gasteiger partial charge in [-0.2, -0.15) is 5.10 Å². The number of rotatable bonds is 4. The Labute approximate surface area is 143 Å². The Hall–Kier alpha value is -2.14. The molecule has 24 heavy (non-hydrogen) atoms. The molecule has 1 aliphatic carbocycles. The normalized spacial score (nSPS) is 14.3. The van der Waals surface area contributed by atoms with Crippen LogP contribution in [0.1, 0.15) is 54.0 Å². The van der Waals surface area contributed by atoms with Gasteiger partial charge in [0.2, 0.25) is 0 Å². The van der Waals surface area contributed by atoms with Gasteiger partial charge in [0, 0.05) is 23.3 Å². The van der Waals surface area contributed by atoms with Gasteiger partial charge in [0.25, 0.3) is 5.91 Å². The van der Waals surface area contributed by atoms with Crippen molar-refractivity contribution in [1.82, 2.24) is 15.1 Å². The van der Waals surface area contributed by atoms with E-state index < -0.39 is 5.54 Å². The van der Waals surface area contributed by atoms with Crippen molar-refractivity contribution in [3.63, 3.8) is 0 Å². The smallest absolute Gasteiger partial charge is 0.272 e. The molecule has 1 aromatic heterocycles. The van der Waals surface area contributed by atoms with Gasteiger partial charge in [0.05, 0.1) is 5.69 Å². The zero-order chi connectivity index (χ0) is 17.3. The summed E-state index contributed by atoms with van der Waals surface area (Å²) in [6.07, 6.45) is 4.12. The first kappa shape index (κ1) is 16.7. The largest absolute Gasteiger partial charge is 0.349 e. The molecule has 3 rings (SSSR count). The third-order valence-corrected chi connectivity index (χ3v) is 4.38. The van der Waals surface area contributed by atoms with Crippen LogP contribution >= 0.6 is 0 Å². The molecule has 1 amide bonds. The molecule has 0 aliphatic heterocycles. The second-order valence-electron chi connectivity index (χ2n) is 7.40. The molecule has 0 unspecified atom stereocenters. The van der Waals surface area contributed by atoms with Crippen molar-refractivity contribution in [2.45, 2.75) is 52.0 Å². The fourth-order valence-corrected chi connectivity index (χ4v) is 3.07.